The van der Waals surface area contributed by atoms with Crippen molar-refractivity contribution in [2.75, 3.05) is 13.6 Å². The van der Waals surface area contributed by atoms with E-state index in [2.05, 4.69) is 11.9 Å². The molecule has 0 bridgehead atoms. The molecule has 0 unspecified atom stereocenters. The summed E-state index contributed by atoms with van der Waals surface area (Å²) in [6.07, 6.45) is 4.85. The Kier molecular flexibility index (Phi) is 1.90. The average molecular weight is 155 g/mol. The summed E-state index contributed by atoms with van der Waals surface area (Å²) in [6, 6.07) is 0.693. The first-order valence-corrected chi connectivity index (χ1v) is 4.67. The van der Waals surface area contributed by atoms with Crippen molar-refractivity contribution in [3.8, 4) is 0 Å². The maximum Gasteiger partial charge on any atom is 0.0595 e. The normalized spacial score (nSPS) is 45.8. The molecule has 1 aliphatic carbocycles. The van der Waals surface area contributed by atoms with Gasteiger partial charge >= 0.3 is 0 Å². The van der Waals surface area contributed by atoms with E-state index in [1.54, 1.807) is 0 Å². The van der Waals surface area contributed by atoms with Gasteiger partial charge in [-0.1, -0.05) is 6.42 Å². The topological polar surface area (TPSA) is 23.5 Å². The average Bonchev–Trinajstić information content (AvgIpc) is 2.45. The molecule has 11 heavy (non-hydrogen) atoms. The number of hydrogen-bond donors (Lipinski definition) is 1. The fraction of sp³-hybridized carbons (Fsp3) is 1.00. The lowest BCUT2D eigenvalue weighted by molar-refractivity contribution is 0.00996. The first-order valence-electron chi connectivity index (χ1n) is 4.67. The van der Waals surface area contributed by atoms with Gasteiger partial charge in [-0.3, -0.25) is 0 Å². The number of piperidine rings is 1. The molecule has 3 atom stereocenters. The Hall–Kier alpha value is -0.0800. The van der Waals surface area contributed by atoms with E-state index in [-0.39, 0.29) is 6.10 Å². The lowest BCUT2D eigenvalue weighted by Crippen LogP contribution is -2.46. The molecule has 2 nitrogen and oxygen atoms in total. The van der Waals surface area contributed by atoms with Crippen LogP contribution in [0.15, 0.2) is 0 Å². The van der Waals surface area contributed by atoms with Gasteiger partial charge in [-0.25, -0.2) is 0 Å². The Morgan fingerprint density at radius 1 is 1.27 bits per heavy atom. The Morgan fingerprint density at radius 2 is 2.09 bits per heavy atom. The summed E-state index contributed by atoms with van der Waals surface area (Å²) in [6.45, 7) is 1.09. The molecular weight excluding hydrogens is 138 g/mol. The molecule has 0 radical (unpaired) electrons. The molecule has 2 rings (SSSR count). The van der Waals surface area contributed by atoms with E-state index in [1.807, 2.05) is 0 Å². The van der Waals surface area contributed by atoms with Crippen LogP contribution in [0.4, 0.5) is 0 Å². The van der Waals surface area contributed by atoms with E-state index < -0.39 is 0 Å². The second-order valence-corrected chi connectivity index (χ2v) is 4.00. The van der Waals surface area contributed by atoms with Crippen molar-refractivity contribution < 1.29 is 5.11 Å². The first kappa shape index (κ1) is 7.56. The van der Waals surface area contributed by atoms with E-state index in [9.17, 15) is 5.11 Å². The zero-order chi connectivity index (χ0) is 7.84. The molecule has 2 fully saturated rings. The van der Waals surface area contributed by atoms with Crippen LogP contribution >= 0.6 is 0 Å². The number of hydrogen-bond acceptors (Lipinski definition) is 2. The molecule has 1 saturated carbocycles. The number of aliphatic hydroxyl groups is 1. The van der Waals surface area contributed by atoms with Gasteiger partial charge in [-0.2, -0.15) is 0 Å². The second-order valence-electron chi connectivity index (χ2n) is 4.00. The van der Waals surface area contributed by atoms with Gasteiger partial charge in [-0.15, -0.1) is 0 Å². The standard InChI is InChI=1S/C9H17NO/c1-10-6-5-9(11)7-3-2-4-8(7)10/h7-9,11H,2-6H2,1H3/t7-,8+,9-/m1/s1. The maximum atomic E-state index is 9.67. The largest absolute Gasteiger partial charge is 0.393 e. The molecule has 0 amide bonds. The van der Waals surface area contributed by atoms with Crippen LogP contribution in [-0.2, 0) is 0 Å². The van der Waals surface area contributed by atoms with Crippen molar-refractivity contribution in [1.82, 2.24) is 4.90 Å². The van der Waals surface area contributed by atoms with Crippen molar-refractivity contribution in [3.05, 3.63) is 0 Å². The number of fused-ring (bicyclic) bond motifs is 1. The molecule has 1 heterocycles. The maximum absolute atomic E-state index is 9.67. The molecule has 64 valence electrons. The van der Waals surface area contributed by atoms with Crippen molar-refractivity contribution >= 4 is 0 Å². The summed E-state index contributed by atoms with van der Waals surface area (Å²) in [5.41, 5.74) is 0. The van der Waals surface area contributed by atoms with E-state index in [0.29, 0.717) is 12.0 Å². The van der Waals surface area contributed by atoms with Crippen LogP contribution in [0, 0.1) is 5.92 Å². The Bertz CT molecular complexity index is 132. The van der Waals surface area contributed by atoms with Crippen LogP contribution in [0.25, 0.3) is 0 Å². The van der Waals surface area contributed by atoms with Crippen LogP contribution in [0.2, 0.25) is 0 Å². The van der Waals surface area contributed by atoms with Crippen molar-refractivity contribution in [2.45, 2.75) is 37.8 Å². The van der Waals surface area contributed by atoms with Crippen molar-refractivity contribution in [2.24, 2.45) is 5.92 Å². The molecule has 2 aliphatic rings. The van der Waals surface area contributed by atoms with Gasteiger partial charge in [0, 0.05) is 18.5 Å². The third-order valence-corrected chi connectivity index (χ3v) is 3.37. The molecule has 2 heteroatoms. The Balaban J connectivity index is 2.08. The van der Waals surface area contributed by atoms with Crippen LogP contribution in [0.3, 0.4) is 0 Å². The van der Waals surface area contributed by atoms with Crippen molar-refractivity contribution in [3.63, 3.8) is 0 Å². The number of rotatable bonds is 0. The molecule has 1 aliphatic heterocycles. The minimum absolute atomic E-state index is 0.00120. The monoisotopic (exact) mass is 155 g/mol. The summed E-state index contributed by atoms with van der Waals surface area (Å²) in [7, 11) is 2.19. The van der Waals surface area contributed by atoms with Gasteiger partial charge in [0.15, 0.2) is 0 Å². The summed E-state index contributed by atoms with van der Waals surface area (Å²) >= 11 is 0. The molecule has 1 saturated heterocycles. The smallest absolute Gasteiger partial charge is 0.0595 e. The molecule has 0 aromatic carbocycles. The summed E-state index contributed by atoms with van der Waals surface area (Å²) in [4.78, 5) is 2.42. The summed E-state index contributed by atoms with van der Waals surface area (Å²) in [5, 5.41) is 9.67. The minimum Gasteiger partial charge on any atom is -0.393 e. The van der Waals surface area contributed by atoms with Crippen LogP contribution in [0.5, 0.6) is 0 Å². The second kappa shape index (κ2) is 2.76. The fourth-order valence-corrected chi connectivity index (χ4v) is 2.68. The van der Waals surface area contributed by atoms with Gasteiger partial charge in [-0.05, 0) is 26.3 Å². The SMILES string of the molecule is CN1CC[C@@H](O)[C@@H]2CCC[C@@H]21. The minimum atomic E-state index is -0.00120. The highest BCUT2D eigenvalue weighted by atomic mass is 16.3. The third-order valence-electron chi connectivity index (χ3n) is 3.37. The Labute approximate surface area is 68.2 Å². The number of nitrogens with zero attached hydrogens (tertiary/aromatic N) is 1. The fourth-order valence-electron chi connectivity index (χ4n) is 2.68. The van der Waals surface area contributed by atoms with Gasteiger partial charge < -0.3 is 10.0 Å². The lowest BCUT2D eigenvalue weighted by atomic mass is 9.90. The van der Waals surface area contributed by atoms with Crippen LogP contribution in [0.1, 0.15) is 25.7 Å². The third kappa shape index (κ3) is 1.18. The molecular formula is C9H17NO. The first-order chi connectivity index (χ1) is 5.29. The zero-order valence-electron chi connectivity index (χ0n) is 7.16. The lowest BCUT2D eigenvalue weighted by Gasteiger charge is -2.38. The predicted octanol–water partition coefficient (Wildman–Crippen LogP) is 0.851. The van der Waals surface area contributed by atoms with E-state index in [0.717, 1.165) is 13.0 Å². The van der Waals surface area contributed by atoms with Crippen LogP contribution in [-0.4, -0.2) is 35.7 Å². The molecule has 1 N–H and O–H groups in total. The highest BCUT2D eigenvalue weighted by Gasteiger charge is 2.38. The molecule has 0 aromatic rings. The van der Waals surface area contributed by atoms with Crippen molar-refractivity contribution in [1.29, 1.82) is 0 Å². The molecule has 0 aromatic heterocycles. The van der Waals surface area contributed by atoms with Gasteiger partial charge in [0.05, 0.1) is 6.10 Å². The molecule has 0 spiro atoms. The van der Waals surface area contributed by atoms with Gasteiger partial charge in [0.2, 0.25) is 0 Å². The van der Waals surface area contributed by atoms with E-state index >= 15 is 0 Å². The van der Waals surface area contributed by atoms with E-state index in [1.165, 1.54) is 19.3 Å². The van der Waals surface area contributed by atoms with Gasteiger partial charge in [0.1, 0.15) is 0 Å². The summed E-state index contributed by atoms with van der Waals surface area (Å²) in [5.74, 6) is 0.591. The number of aliphatic hydroxyl groups excluding tert-OH is 1. The summed E-state index contributed by atoms with van der Waals surface area (Å²) < 4.78 is 0. The highest BCUT2D eigenvalue weighted by molar-refractivity contribution is 4.92. The number of likely N-dealkylation sites (tertiary alicyclic amines) is 1. The van der Waals surface area contributed by atoms with E-state index in [4.69, 9.17) is 0 Å². The predicted molar refractivity (Wildman–Crippen MR) is 44.4 cm³/mol. The highest BCUT2D eigenvalue weighted by Crippen LogP contribution is 2.35. The quantitative estimate of drug-likeness (QED) is 0.560. The van der Waals surface area contributed by atoms with Gasteiger partial charge in [0.25, 0.3) is 0 Å². The van der Waals surface area contributed by atoms with Crippen LogP contribution < -0.4 is 0 Å². The zero-order valence-corrected chi connectivity index (χ0v) is 7.16. The Morgan fingerprint density at radius 3 is 2.82 bits per heavy atom.